The number of rotatable bonds is 4. The molecule has 1 heterocycles. The van der Waals surface area contributed by atoms with Crippen molar-refractivity contribution in [2.45, 2.75) is 13.0 Å². The molecule has 1 N–H and O–H groups in total. The highest BCUT2D eigenvalue weighted by Gasteiger charge is 2.17. The van der Waals surface area contributed by atoms with Crippen molar-refractivity contribution in [3.8, 4) is 6.07 Å². The Morgan fingerprint density at radius 2 is 2.05 bits per heavy atom. The van der Waals surface area contributed by atoms with Crippen LogP contribution in [-0.4, -0.2) is 9.91 Å². The van der Waals surface area contributed by atoms with Crippen molar-refractivity contribution < 1.29 is 13.7 Å². The van der Waals surface area contributed by atoms with Gasteiger partial charge in [0.15, 0.2) is 11.6 Å². The quantitative estimate of drug-likeness (QED) is 0.691. The van der Waals surface area contributed by atoms with Crippen LogP contribution in [0.1, 0.15) is 24.2 Å². The van der Waals surface area contributed by atoms with Gasteiger partial charge in [-0.2, -0.15) is 5.26 Å². The lowest BCUT2D eigenvalue weighted by Crippen LogP contribution is -2.09. The summed E-state index contributed by atoms with van der Waals surface area (Å²) in [6.45, 7) is 1.68. The Hall–Kier alpha value is -3.08. The number of anilines is 1. The number of nitrogens with one attached hydrogen (secondary N) is 1. The third kappa shape index (κ3) is 3.15. The number of aromatic nitrogens is 1. The van der Waals surface area contributed by atoms with Crippen LogP contribution < -0.4 is 5.32 Å². The van der Waals surface area contributed by atoms with E-state index in [0.717, 1.165) is 18.2 Å². The third-order valence-corrected chi connectivity index (χ3v) is 2.98. The molecule has 0 bridgehead atoms. The minimum Gasteiger partial charge on any atom is -0.364 e. The fourth-order valence-corrected chi connectivity index (χ4v) is 1.85. The fourth-order valence-electron chi connectivity index (χ4n) is 1.85. The van der Waals surface area contributed by atoms with Gasteiger partial charge in [-0.05, 0) is 30.7 Å². The molecule has 0 aliphatic carbocycles. The number of pyridine rings is 1. The zero-order valence-electron chi connectivity index (χ0n) is 11.4. The first-order valence-corrected chi connectivity index (χ1v) is 6.19. The van der Waals surface area contributed by atoms with Gasteiger partial charge in [0.1, 0.15) is 11.9 Å². The van der Waals surface area contributed by atoms with E-state index in [-0.39, 0.29) is 11.5 Å². The SMILES string of the molecule is CC(Nc1ccc([N+](=O)[O-])c(C#N)n1)c1ccc(F)c(F)c1. The molecule has 1 aromatic carbocycles. The Labute approximate surface area is 124 Å². The Bertz CT molecular complexity index is 774. The van der Waals surface area contributed by atoms with Gasteiger partial charge < -0.3 is 5.32 Å². The van der Waals surface area contributed by atoms with Gasteiger partial charge in [-0.3, -0.25) is 10.1 Å². The molecule has 1 aromatic heterocycles. The van der Waals surface area contributed by atoms with Crippen LogP contribution in [-0.2, 0) is 0 Å². The van der Waals surface area contributed by atoms with Crippen LogP contribution in [0, 0.1) is 33.1 Å². The number of nitrogens with zero attached hydrogens (tertiary/aromatic N) is 3. The molecule has 0 radical (unpaired) electrons. The number of hydrogen-bond donors (Lipinski definition) is 1. The molecule has 6 nitrogen and oxygen atoms in total. The molecular formula is C14H10F2N4O2. The lowest BCUT2D eigenvalue weighted by atomic mass is 10.1. The van der Waals surface area contributed by atoms with E-state index in [2.05, 4.69) is 10.3 Å². The van der Waals surface area contributed by atoms with Crippen LogP contribution in [0.25, 0.3) is 0 Å². The van der Waals surface area contributed by atoms with E-state index in [0.29, 0.717) is 5.56 Å². The molecule has 112 valence electrons. The van der Waals surface area contributed by atoms with E-state index in [1.165, 1.54) is 12.1 Å². The largest absolute Gasteiger partial charge is 0.364 e. The Morgan fingerprint density at radius 1 is 1.32 bits per heavy atom. The van der Waals surface area contributed by atoms with Gasteiger partial charge in [0.25, 0.3) is 0 Å². The molecule has 0 aliphatic heterocycles. The zero-order valence-corrected chi connectivity index (χ0v) is 11.4. The number of nitriles is 1. The molecule has 1 unspecified atom stereocenters. The number of halogens is 2. The van der Waals surface area contributed by atoms with Crippen LogP contribution in [0.5, 0.6) is 0 Å². The smallest absolute Gasteiger partial charge is 0.305 e. The predicted octanol–water partition coefficient (Wildman–Crippen LogP) is 3.31. The number of hydrogen-bond acceptors (Lipinski definition) is 5. The van der Waals surface area contributed by atoms with E-state index >= 15 is 0 Å². The summed E-state index contributed by atoms with van der Waals surface area (Å²) in [7, 11) is 0. The van der Waals surface area contributed by atoms with Crippen LogP contribution in [0.15, 0.2) is 30.3 Å². The van der Waals surface area contributed by atoms with Gasteiger partial charge in [0, 0.05) is 6.07 Å². The maximum absolute atomic E-state index is 13.2. The molecule has 0 saturated carbocycles. The predicted molar refractivity (Wildman–Crippen MR) is 74.0 cm³/mol. The van der Waals surface area contributed by atoms with Gasteiger partial charge in [0.2, 0.25) is 5.69 Å². The molecule has 22 heavy (non-hydrogen) atoms. The molecule has 0 fully saturated rings. The summed E-state index contributed by atoms with van der Waals surface area (Å²) in [5.74, 6) is -1.70. The normalized spacial score (nSPS) is 11.5. The lowest BCUT2D eigenvalue weighted by Gasteiger charge is -2.15. The molecule has 1 atom stereocenters. The van der Waals surface area contributed by atoms with Crippen molar-refractivity contribution in [1.29, 1.82) is 5.26 Å². The summed E-state index contributed by atoms with van der Waals surface area (Å²) in [5, 5.41) is 22.5. The number of benzene rings is 1. The molecule has 8 heteroatoms. The van der Waals surface area contributed by atoms with E-state index in [9.17, 15) is 18.9 Å². The average molecular weight is 304 g/mol. The summed E-state index contributed by atoms with van der Waals surface area (Å²) in [6, 6.07) is 7.17. The van der Waals surface area contributed by atoms with E-state index < -0.39 is 28.3 Å². The summed E-state index contributed by atoms with van der Waals surface area (Å²) in [4.78, 5) is 13.9. The first kappa shape index (κ1) is 15.3. The van der Waals surface area contributed by atoms with Crippen LogP contribution >= 0.6 is 0 Å². The molecule has 2 aromatic rings. The molecule has 0 amide bonds. The second kappa shape index (κ2) is 6.13. The highest BCUT2D eigenvalue weighted by Crippen LogP contribution is 2.23. The van der Waals surface area contributed by atoms with Crippen molar-refractivity contribution in [3.63, 3.8) is 0 Å². The molecule has 0 saturated heterocycles. The van der Waals surface area contributed by atoms with Gasteiger partial charge in [-0.15, -0.1) is 0 Å². The maximum Gasteiger partial charge on any atom is 0.305 e. The van der Waals surface area contributed by atoms with Gasteiger partial charge >= 0.3 is 5.69 Å². The summed E-state index contributed by atoms with van der Waals surface area (Å²) in [6.07, 6.45) is 0. The fraction of sp³-hybridized carbons (Fsp3) is 0.143. The standard InChI is InChI=1S/C14H10F2N4O2/c1-8(9-2-3-10(15)11(16)6-9)18-14-5-4-13(20(21)22)12(7-17)19-14/h2-6,8H,1H3,(H,18,19). The van der Waals surface area contributed by atoms with Gasteiger partial charge in [-0.25, -0.2) is 13.8 Å². The summed E-state index contributed by atoms with van der Waals surface area (Å²) < 4.78 is 26.1. The van der Waals surface area contributed by atoms with Gasteiger partial charge in [0.05, 0.1) is 11.0 Å². The van der Waals surface area contributed by atoms with Crippen LogP contribution in [0.2, 0.25) is 0 Å². The van der Waals surface area contributed by atoms with Crippen molar-refractivity contribution in [2.24, 2.45) is 0 Å². The maximum atomic E-state index is 13.2. The Kier molecular flexibility index (Phi) is 4.27. The first-order valence-electron chi connectivity index (χ1n) is 6.19. The second-order valence-electron chi connectivity index (χ2n) is 4.47. The van der Waals surface area contributed by atoms with E-state index in [4.69, 9.17) is 5.26 Å². The zero-order chi connectivity index (χ0) is 16.3. The Morgan fingerprint density at radius 3 is 2.64 bits per heavy atom. The molecule has 0 aliphatic rings. The van der Waals surface area contributed by atoms with Crippen molar-refractivity contribution >= 4 is 11.5 Å². The van der Waals surface area contributed by atoms with Crippen LogP contribution in [0.4, 0.5) is 20.3 Å². The second-order valence-corrected chi connectivity index (χ2v) is 4.47. The third-order valence-electron chi connectivity index (χ3n) is 2.98. The molecular weight excluding hydrogens is 294 g/mol. The Balaban J connectivity index is 2.25. The van der Waals surface area contributed by atoms with Crippen molar-refractivity contribution in [1.82, 2.24) is 4.98 Å². The lowest BCUT2D eigenvalue weighted by molar-refractivity contribution is -0.385. The molecule has 2 rings (SSSR count). The monoisotopic (exact) mass is 304 g/mol. The highest BCUT2D eigenvalue weighted by molar-refractivity contribution is 5.51. The van der Waals surface area contributed by atoms with E-state index in [1.807, 2.05) is 0 Å². The minimum atomic E-state index is -0.972. The number of nitro groups is 1. The summed E-state index contributed by atoms with van der Waals surface area (Å²) in [5.41, 5.74) is -0.251. The minimum absolute atomic E-state index is 0.222. The average Bonchev–Trinajstić information content (AvgIpc) is 2.49. The first-order chi connectivity index (χ1) is 10.4. The van der Waals surface area contributed by atoms with Crippen molar-refractivity contribution in [2.75, 3.05) is 5.32 Å². The van der Waals surface area contributed by atoms with Crippen molar-refractivity contribution in [3.05, 3.63) is 63.3 Å². The van der Waals surface area contributed by atoms with Crippen LogP contribution in [0.3, 0.4) is 0 Å². The van der Waals surface area contributed by atoms with Gasteiger partial charge in [-0.1, -0.05) is 6.07 Å². The topological polar surface area (TPSA) is 91.9 Å². The highest BCUT2D eigenvalue weighted by atomic mass is 19.2. The molecule has 0 spiro atoms. The summed E-state index contributed by atoms with van der Waals surface area (Å²) >= 11 is 0. The van der Waals surface area contributed by atoms with E-state index in [1.54, 1.807) is 13.0 Å².